The van der Waals surface area contributed by atoms with Gasteiger partial charge in [-0.05, 0) is 30.7 Å². The van der Waals surface area contributed by atoms with Crippen molar-refractivity contribution in [1.82, 2.24) is 5.32 Å². The lowest BCUT2D eigenvalue weighted by Gasteiger charge is -2.12. The van der Waals surface area contributed by atoms with Gasteiger partial charge in [-0.2, -0.15) is 0 Å². The molecule has 0 saturated heterocycles. The molecule has 2 aromatic rings. The predicted molar refractivity (Wildman–Crippen MR) is 58.8 cm³/mol. The van der Waals surface area contributed by atoms with Gasteiger partial charge < -0.3 is 13.9 Å². The second kappa shape index (κ2) is 5.01. The second-order valence-electron chi connectivity index (χ2n) is 3.66. The van der Waals surface area contributed by atoms with Crippen molar-refractivity contribution in [2.75, 3.05) is 6.61 Å². The van der Waals surface area contributed by atoms with E-state index in [0.29, 0.717) is 6.54 Å². The number of hydrogen-bond acceptors (Lipinski definition) is 4. The van der Waals surface area contributed by atoms with Crippen LogP contribution in [-0.4, -0.2) is 11.7 Å². The molecule has 0 spiro atoms. The molecule has 16 heavy (non-hydrogen) atoms. The molecule has 0 fully saturated rings. The van der Waals surface area contributed by atoms with Gasteiger partial charge in [-0.1, -0.05) is 0 Å². The minimum Gasteiger partial charge on any atom is -0.468 e. The molecule has 4 heteroatoms. The summed E-state index contributed by atoms with van der Waals surface area (Å²) in [7, 11) is 0. The molecule has 0 saturated carbocycles. The number of furan rings is 2. The fourth-order valence-corrected chi connectivity index (χ4v) is 1.55. The quantitative estimate of drug-likeness (QED) is 0.810. The van der Waals surface area contributed by atoms with Crippen LogP contribution in [0.25, 0.3) is 0 Å². The van der Waals surface area contributed by atoms with Crippen LogP contribution in [0.3, 0.4) is 0 Å². The third-order valence-corrected chi connectivity index (χ3v) is 2.55. The normalized spacial score (nSPS) is 12.9. The van der Waals surface area contributed by atoms with E-state index in [9.17, 15) is 5.11 Å². The van der Waals surface area contributed by atoms with Gasteiger partial charge in [-0.15, -0.1) is 0 Å². The van der Waals surface area contributed by atoms with E-state index in [4.69, 9.17) is 8.83 Å². The third kappa shape index (κ3) is 2.35. The molecule has 0 aliphatic rings. The first-order chi connectivity index (χ1) is 7.81. The zero-order valence-electron chi connectivity index (χ0n) is 9.14. The lowest BCUT2D eigenvalue weighted by atomic mass is 10.2. The standard InChI is InChI=1S/C12H15NO3/c1-9-4-6-16-12(9)7-13-10(8-14)11-3-2-5-15-11/h2-6,10,13-14H,7-8H2,1H3. The summed E-state index contributed by atoms with van der Waals surface area (Å²) in [5, 5.41) is 12.4. The Bertz CT molecular complexity index is 419. The summed E-state index contributed by atoms with van der Waals surface area (Å²) < 4.78 is 10.5. The van der Waals surface area contributed by atoms with Gasteiger partial charge in [0.2, 0.25) is 0 Å². The summed E-state index contributed by atoms with van der Waals surface area (Å²) in [4.78, 5) is 0. The van der Waals surface area contributed by atoms with Crippen molar-refractivity contribution in [1.29, 1.82) is 0 Å². The number of aryl methyl sites for hydroxylation is 1. The summed E-state index contributed by atoms with van der Waals surface area (Å²) in [6.07, 6.45) is 3.25. The third-order valence-electron chi connectivity index (χ3n) is 2.55. The van der Waals surface area contributed by atoms with Gasteiger partial charge in [-0.3, -0.25) is 5.32 Å². The summed E-state index contributed by atoms with van der Waals surface area (Å²) in [6.45, 7) is 2.55. The van der Waals surface area contributed by atoms with Gasteiger partial charge >= 0.3 is 0 Å². The molecule has 2 heterocycles. The number of aliphatic hydroxyl groups excluding tert-OH is 1. The predicted octanol–water partition coefficient (Wildman–Crippen LogP) is 2.00. The first kappa shape index (κ1) is 11.0. The van der Waals surface area contributed by atoms with Crippen LogP contribution in [0, 0.1) is 6.92 Å². The molecule has 86 valence electrons. The molecule has 0 aliphatic carbocycles. The SMILES string of the molecule is Cc1ccoc1CNC(CO)c1ccco1. The fraction of sp³-hybridized carbons (Fsp3) is 0.333. The lowest BCUT2D eigenvalue weighted by Crippen LogP contribution is -2.23. The Morgan fingerprint density at radius 3 is 2.75 bits per heavy atom. The molecule has 0 amide bonds. The molecule has 4 nitrogen and oxygen atoms in total. The number of rotatable bonds is 5. The van der Waals surface area contributed by atoms with E-state index in [1.807, 2.05) is 19.1 Å². The molecule has 0 radical (unpaired) electrons. The monoisotopic (exact) mass is 221 g/mol. The van der Waals surface area contributed by atoms with Crippen LogP contribution < -0.4 is 5.32 Å². The summed E-state index contributed by atoms with van der Waals surface area (Å²) in [5.41, 5.74) is 1.10. The van der Waals surface area contributed by atoms with Gasteiger partial charge in [0, 0.05) is 0 Å². The maximum absolute atomic E-state index is 9.24. The van der Waals surface area contributed by atoms with Crippen molar-refractivity contribution in [3.05, 3.63) is 47.8 Å². The molecule has 2 N–H and O–H groups in total. The second-order valence-corrected chi connectivity index (χ2v) is 3.66. The van der Waals surface area contributed by atoms with Crippen LogP contribution in [0.2, 0.25) is 0 Å². The van der Waals surface area contributed by atoms with Gasteiger partial charge in [0.05, 0.1) is 31.7 Å². The molecule has 1 unspecified atom stereocenters. The first-order valence-corrected chi connectivity index (χ1v) is 5.22. The van der Waals surface area contributed by atoms with Crippen molar-refractivity contribution in [3.8, 4) is 0 Å². The van der Waals surface area contributed by atoms with Crippen molar-refractivity contribution in [2.24, 2.45) is 0 Å². The van der Waals surface area contributed by atoms with Crippen LogP contribution in [0.4, 0.5) is 0 Å². The Morgan fingerprint density at radius 2 is 2.19 bits per heavy atom. The highest BCUT2D eigenvalue weighted by Crippen LogP contribution is 2.15. The first-order valence-electron chi connectivity index (χ1n) is 5.22. The van der Waals surface area contributed by atoms with Crippen LogP contribution >= 0.6 is 0 Å². The molecule has 0 aliphatic heterocycles. The smallest absolute Gasteiger partial charge is 0.123 e. The fourth-order valence-electron chi connectivity index (χ4n) is 1.55. The highest BCUT2D eigenvalue weighted by Gasteiger charge is 2.13. The maximum atomic E-state index is 9.24. The maximum Gasteiger partial charge on any atom is 0.123 e. The molecule has 2 aromatic heterocycles. The van der Waals surface area contributed by atoms with E-state index in [2.05, 4.69) is 5.32 Å². The molecule has 2 rings (SSSR count). The van der Waals surface area contributed by atoms with E-state index < -0.39 is 0 Å². The Kier molecular flexibility index (Phi) is 3.44. The van der Waals surface area contributed by atoms with E-state index in [-0.39, 0.29) is 12.6 Å². The highest BCUT2D eigenvalue weighted by molar-refractivity contribution is 5.14. The van der Waals surface area contributed by atoms with Crippen molar-refractivity contribution < 1.29 is 13.9 Å². The van der Waals surface area contributed by atoms with E-state index in [1.54, 1.807) is 18.6 Å². The zero-order chi connectivity index (χ0) is 11.4. The number of nitrogens with one attached hydrogen (secondary N) is 1. The minimum atomic E-state index is -0.195. The largest absolute Gasteiger partial charge is 0.468 e. The van der Waals surface area contributed by atoms with Crippen LogP contribution in [-0.2, 0) is 6.54 Å². The van der Waals surface area contributed by atoms with Gasteiger partial charge in [0.25, 0.3) is 0 Å². The van der Waals surface area contributed by atoms with E-state index >= 15 is 0 Å². The van der Waals surface area contributed by atoms with Crippen LogP contribution in [0.15, 0.2) is 39.6 Å². The van der Waals surface area contributed by atoms with Crippen molar-refractivity contribution in [3.63, 3.8) is 0 Å². The van der Waals surface area contributed by atoms with Gasteiger partial charge in [0.15, 0.2) is 0 Å². The average molecular weight is 221 g/mol. The lowest BCUT2D eigenvalue weighted by molar-refractivity contribution is 0.223. The van der Waals surface area contributed by atoms with Crippen LogP contribution in [0.1, 0.15) is 23.1 Å². The zero-order valence-corrected chi connectivity index (χ0v) is 9.14. The van der Waals surface area contributed by atoms with Crippen molar-refractivity contribution in [2.45, 2.75) is 19.5 Å². The summed E-state index contributed by atoms with van der Waals surface area (Å²) in [5.74, 6) is 1.61. The van der Waals surface area contributed by atoms with Gasteiger partial charge in [-0.25, -0.2) is 0 Å². The average Bonchev–Trinajstić information content (AvgIpc) is 2.92. The van der Waals surface area contributed by atoms with Crippen LogP contribution in [0.5, 0.6) is 0 Å². The molecular weight excluding hydrogens is 206 g/mol. The van der Waals surface area contributed by atoms with E-state index in [1.165, 1.54) is 0 Å². The molecular formula is C12H15NO3. The van der Waals surface area contributed by atoms with Crippen molar-refractivity contribution >= 4 is 0 Å². The number of hydrogen-bond donors (Lipinski definition) is 2. The summed E-state index contributed by atoms with van der Waals surface area (Å²) >= 11 is 0. The Balaban J connectivity index is 1.96. The molecule has 0 aromatic carbocycles. The Morgan fingerprint density at radius 1 is 1.31 bits per heavy atom. The summed E-state index contributed by atoms with van der Waals surface area (Å²) in [6, 6.07) is 5.36. The topological polar surface area (TPSA) is 58.5 Å². The molecule has 0 bridgehead atoms. The van der Waals surface area contributed by atoms with Gasteiger partial charge in [0.1, 0.15) is 11.5 Å². The minimum absolute atomic E-state index is 0.00668. The number of aliphatic hydroxyl groups is 1. The Labute approximate surface area is 93.9 Å². The highest BCUT2D eigenvalue weighted by atomic mass is 16.3. The Hall–Kier alpha value is -1.52. The van der Waals surface area contributed by atoms with E-state index in [0.717, 1.165) is 17.1 Å². The molecule has 1 atom stereocenters.